The summed E-state index contributed by atoms with van der Waals surface area (Å²) in [6, 6.07) is 10.5. The second-order valence-electron chi connectivity index (χ2n) is 6.61. The van der Waals surface area contributed by atoms with Crippen LogP contribution in [-0.2, 0) is 4.84 Å². The third kappa shape index (κ3) is 13.6. The molecule has 1 atom stereocenters. The summed E-state index contributed by atoms with van der Waals surface area (Å²) in [5, 5.41) is 1.95. The van der Waals surface area contributed by atoms with Gasteiger partial charge in [-0.05, 0) is 29.6 Å². The minimum Gasteiger partial charge on any atom is 1.00 e. The predicted molar refractivity (Wildman–Crippen MR) is 104 cm³/mol. The number of hydrogen-bond acceptors (Lipinski definition) is 2. The van der Waals surface area contributed by atoms with E-state index in [1.165, 1.54) is 36.8 Å². The van der Waals surface area contributed by atoms with Crippen LogP contribution in [0, 0.1) is 5.92 Å². The second-order valence-corrected chi connectivity index (χ2v) is 8.53. The van der Waals surface area contributed by atoms with Crippen molar-refractivity contribution in [1.82, 2.24) is 5.06 Å². The number of nitrogens with zero attached hydrogens (tertiary/aromatic N) is 1. The average Bonchev–Trinajstić information content (AvgIpc) is 2.60. The first-order chi connectivity index (χ1) is 12.8. The number of unbranched alkanes of at least 4 members (excludes halogenated alkanes) is 1. The first-order valence-corrected chi connectivity index (χ1v) is 11.2. The maximum absolute atomic E-state index is 10.7. The maximum Gasteiger partial charge on any atom is 1.00 e. The van der Waals surface area contributed by atoms with Crippen LogP contribution in [0.3, 0.4) is 0 Å². The van der Waals surface area contributed by atoms with E-state index in [0.717, 1.165) is 13.2 Å². The zero-order valence-electron chi connectivity index (χ0n) is 17.0. The Kier molecular flexibility index (Phi) is 8.15. The summed E-state index contributed by atoms with van der Waals surface area (Å²) < 4.78 is 59.2. The molecule has 1 aliphatic heterocycles. The van der Waals surface area contributed by atoms with Gasteiger partial charge in [0.05, 0.1) is 13.2 Å². The molecule has 1 aliphatic rings. The van der Waals surface area contributed by atoms with Gasteiger partial charge in [-0.1, -0.05) is 69.5 Å². The smallest absolute Gasteiger partial charge is 1.00 e. The molecule has 1 aromatic carbocycles. The van der Waals surface area contributed by atoms with Crippen molar-refractivity contribution in [2.45, 2.75) is 39.5 Å². The SMILES string of the molecule is CCCCC(CC)CON1C=CC(c2ccccc2)=CC1.F[P-](F)(F)(F)(F)F.[H+]. The van der Waals surface area contributed by atoms with Gasteiger partial charge in [0, 0.05) is 6.20 Å². The van der Waals surface area contributed by atoms with Crippen molar-refractivity contribution in [3.63, 3.8) is 0 Å². The van der Waals surface area contributed by atoms with Gasteiger partial charge in [-0.3, -0.25) is 9.90 Å². The van der Waals surface area contributed by atoms with Gasteiger partial charge < -0.3 is 0 Å². The number of rotatable bonds is 8. The fourth-order valence-electron chi connectivity index (χ4n) is 2.52. The van der Waals surface area contributed by atoms with Crippen LogP contribution in [0.2, 0.25) is 0 Å². The second kappa shape index (κ2) is 9.31. The summed E-state index contributed by atoms with van der Waals surface area (Å²) in [7, 11) is -10.7. The molecular formula is C19H28F6NOP. The zero-order chi connectivity index (χ0) is 21.3. The van der Waals surface area contributed by atoms with E-state index >= 15 is 0 Å². The Labute approximate surface area is 163 Å². The van der Waals surface area contributed by atoms with Crippen molar-refractivity contribution in [3.05, 3.63) is 54.2 Å². The fourth-order valence-corrected chi connectivity index (χ4v) is 2.52. The fraction of sp³-hybridized carbons (Fsp3) is 0.474. The number of hydroxylamine groups is 2. The minimum absolute atomic E-state index is 0. The van der Waals surface area contributed by atoms with Crippen LogP contribution in [0.25, 0.3) is 5.57 Å². The molecular weight excluding hydrogens is 403 g/mol. The largest absolute Gasteiger partial charge is 1.00 e. The summed E-state index contributed by atoms with van der Waals surface area (Å²) in [5.41, 5.74) is 2.54. The van der Waals surface area contributed by atoms with Crippen LogP contribution in [0.1, 0.15) is 46.5 Å². The summed E-state index contributed by atoms with van der Waals surface area (Å²) in [6.45, 7) is 6.15. The van der Waals surface area contributed by atoms with E-state index < -0.39 is 7.81 Å². The van der Waals surface area contributed by atoms with Crippen molar-refractivity contribution >= 4 is 13.4 Å². The molecule has 28 heavy (non-hydrogen) atoms. The van der Waals surface area contributed by atoms with Crippen molar-refractivity contribution in [2.24, 2.45) is 5.92 Å². The normalized spacial score (nSPS) is 17.7. The zero-order valence-corrected chi connectivity index (χ0v) is 16.9. The average molecular weight is 431 g/mol. The Morgan fingerprint density at radius 1 is 1.07 bits per heavy atom. The van der Waals surface area contributed by atoms with Gasteiger partial charge in [0.2, 0.25) is 0 Å². The molecule has 0 saturated carbocycles. The molecule has 0 bridgehead atoms. The number of hydrogen-bond donors (Lipinski definition) is 0. The van der Waals surface area contributed by atoms with Gasteiger partial charge in [-0.25, -0.2) is 0 Å². The molecule has 1 aromatic rings. The van der Waals surface area contributed by atoms with Crippen molar-refractivity contribution in [1.29, 1.82) is 0 Å². The van der Waals surface area contributed by atoms with Crippen LogP contribution in [0.4, 0.5) is 25.2 Å². The Morgan fingerprint density at radius 2 is 1.68 bits per heavy atom. The number of halogens is 6. The molecule has 0 aliphatic carbocycles. The molecule has 0 saturated heterocycles. The summed E-state index contributed by atoms with van der Waals surface area (Å²) in [6.07, 6.45) is 11.4. The van der Waals surface area contributed by atoms with E-state index in [0.29, 0.717) is 5.92 Å². The number of benzene rings is 1. The molecule has 162 valence electrons. The third-order valence-electron chi connectivity index (χ3n) is 4.04. The molecule has 0 spiro atoms. The van der Waals surface area contributed by atoms with Gasteiger partial charge in [-0.2, -0.15) is 0 Å². The van der Waals surface area contributed by atoms with Gasteiger partial charge >= 0.3 is 34.4 Å². The third-order valence-corrected chi connectivity index (χ3v) is 4.04. The summed E-state index contributed by atoms with van der Waals surface area (Å²) >= 11 is 0. The van der Waals surface area contributed by atoms with Gasteiger partial charge in [0.15, 0.2) is 0 Å². The molecule has 0 aromatic heterocycles. The molecule has 1 unspecified atom stereocenters. The first-order valence-electron chi connectivity index (χ1n) is 9.18. The number of allylic oxidation sites excluding steroid dienone is 2. The Bertz CT molecular complexity index is 653. The van der Waals surface area contributed by atoms with Crippen molar-refractivity contribution < 1.29 is 31.4 Å². The van der Waals surface area contributed by atoms with E-state index in [1.807, 2.05) is 11.1 Å². The van der Waals surface area contributed by atoms with E-state index in [-0.39, 0.29) is 1.43 Å². The van der Waals surface area contributed by atoms with Crippen molar-refractivity contribution in [3.8, 4) is 0 Å². The van der Waals surface area contributed by atoms with E-state index in [9.17, 15) is 25.2 Å². The standard InChI is InChI=1S/C19H27NO.F6P/c1-3-5-9-17(4-2)16-21-20-14-12-19(13-15-20)18-10-7-6-8-11-18;1-7(2,3,4,5)6/h6-8,10-14,17H,3-5,9,15-16H2,1-2H3;/q;-1/p+1. The van der Waals surface area contributed by atoms with Crippen LogP contribution >= 0.6 is 7.81 Å². The molecule has 0 amide bonds. The van der Waals surface area contributed by atoms with Crippen LogP contribution in [-0.4, -0.2) is 18.2 Å². The predicted octanol–water partition coefficient (Wildman–Crippen LogP) is 8.54. The van der Waals surface area contributed by atoms with Gasteiger partial charge in [-0.15, -0.1) is 0 Å². The molecule has 2 rings (SSSR count). The van der Waals surface area contributed by atoms with Crippen LogP contribution < -0.4 is 0 Å². The van der Waals surface area contributed by atoms with Crippen LogP contribution in [0.15, 0.2) is 48.7 Å². The van der Waals surface area contributed by atoms with Crippen molar-refractivity contribution in [2.75, 3.05) is 13.2 Å². The maximum atomic E-state index is 9.87. The Morgan fingerprint density at radius 3 is 2.14 bits per heavy atom. The topological polar surface area (TPSA) is 12.5 Å². The van der Waals surface area contributed by atoms with E-state index in [4.69, 9.17) is 4.84 Å². The Balaban J connectivity index is 0.000000846. The van der Waals surface area contributed by atoms with E-state index in [2.05, 4.69) is 56.5 Å². The molecule has 0 fully saturated rings. The van der Waals surface area contributed by atoms with Crippen LogP contribution in [0.5, 0.6) is 0 Å². The first kappa shape index (κ1) is 24.5. The summed E-state index contributed by atoms with van der Waals surface area (Å²) in [4.78, 5) is 5.92. The molecule has 2 nitrogen and oxygen atoms in total. The quantitative estimate of drug-likeness (QED) is 0.302. The van der Waals surface area contributed by atoms with Gasteiger partial charge in [0.25, 0.3) is 0 Å². The van der Waals surface area contributed by atoms with Gasteiger partial charge in [0.1, 0.15) is 0 Å². The Hall–Kier alpha value is -1.53. The molecule has 1 heterocycles. The molecule has 0 radical (unpaired) electrons. The summed E-state index contributed by atoms with van der Waals surface area (Å²) in [5.74, 6) is 0.679. The molecule has 9 heteroatoms. The van der Waals surface area contributed by atoms with E-state index in [1.54, 1.807) is 0 Å². The monoisotopic (exact) mass is 431 g/mol. The molecule has 0 N–H and O–H groups in total. The minimum atomic E-state index is -10.7.